The summed E-state index contributed by atoms with van der Waals surface area (Å²) >= 11 is 0. The number of nitrogens with zero attached hydrogens (tertiary/aromatic N) is 2. The van der Waals surface area contributed by atoms with E-state index in [9.17, 15) is 8.42 Å². The van der Waals surface area contributed by atoms with Gasteiger partial charge >= 0.3 is 0 Å². The first-order chi connectivity index (χ1) is 9.04. The third-order valence-electron chi connectivity index (χ3n) is 2.48. The molecule has 0 saturated carbocycles. The van der Waals surface area contributed by atoms with Gasteiger partial charge in [0.15, 0.2) is 5.03 Å². The van der Waals surface area contributed by atoms with E-state index in [2.05, 4.69) is 20.1 Å². The second kappa shape index (κ2) is 5.11. The number of anilines is 1. The molecule has 0 aliphatic rings. The van der Waals surface area contributed by atoms with Gasteiger partial charge in [-0.3, -0.25) is 9.82 Å². The summed E-state index contributed by atoms with van der Waals surface area (Å²) in [5, 5.41) is 17.8. The third kappa shape index (κ3) is 2.74. The molecule has 0 aliphatic heterocycles. The van der Waals surface area contributed by atoms with Crippen LogP contribution in [0.5, 0.6) is 0 Å². The number of rotatable bonds is 4. The molecule has 0 fully saturated rings. The first kappa shape index (κ1) is 13.1. The van der Waals surface area contributed by atoms with Gasteiger partial charge in [0, 0.05) is 5.56 Å². The molecule has 0 radical (unpaired) electrons. The van der Waals surface area contributed by atoms with Crippen LogP contribution >= 0.6 is 0 Å². The Labute approximate surface area is 110 Å². The molecule has 3 N–H and O–H groups in total. The zero-order valence-corrected chi connectivity index (χ0v) is 10.8. The van der Waals surface area contributed by atoms with Crippen LogP contribution in [0.25, 0.3) is 0 Å². The van der Waals surface area contributed by atoms with Gasteiger partial charge in [0.2, 0.25) is 0 Å². The van der Waals surface area contributed by atoms with Gasteiger partial charge in [-0.1, -0.05) is 23.4 Å². The molecule has 0 spiro atoms. The maximum absolute atomic E-state index is 12.0. The van der Waals surface area contributed by atoms with Gasteiger partial charge < -0.3 is 5.21 Å². The standard InChI is InChI=1S/C11H12N4O3S/c1-8(14-16)9-4-2-3-5-10(9)15-19(17,18)11-6-7-12-13-11/h2-7,15-16H,1H3,(H,12,13)/b14-8-. The molecule has 0 atom stereocenters. The van der Waals surface area contributed by atoms with E-state index in [0.29, 0.717) is 17.0 Å². The van der Waals surface area contributed by atoms with Gasteiger partial charge in [0.25, 0.3) is 10.0 Å². The van der Waals surface area contributed by atoms with Gasteiger partial charge in [-0.05, 0) is 19.1 Å². The molecule has 0 aliphatic carbocycles. The number of nitrogens with one attached hydrogen (secondary N) is 2. The summed E-state index contributed by atoms with van der Waals surface area (Å²) < 4.78 is 26.5. The molecule has 0 unspecified atom stereocenters. The van der Waals surface area contributed by atoms with Crippen molar-refractivity contribution in [3.05, 3.63) is 42.1 Å². The average Bonchev–Trinajstić information content (AvgIpc) is 2.93. The summed E-state index contributed by atoms with van der Waals surface area (Å²) in [6.45, 7) is 1.57. The van der Waals surface area contributed by atoms with Crippen LogP contribution in [0.15, 0.2) is 46.7 Å². The summed E-state index contributed by atoms with van der Waals surface area (Å²) in [7, 11) is -3.74. The molecule has 100 valence electrons. The first-order valence-electron chi connectivity index (χ1n) is 5.35. The fourth-order valence-corrected chi connectivity index (χ4v) is 2.52. The molecular formula is C11H12N4O3S. The van der Waals surface area contributed by atoms with Crippen LogP contribution in [0.2, 0.25) is 0 Å². The highest BCUT2D eigenvalue weighted by Gasteiger charge is 2.17. The van der Waals surface area contributed by atoms with Crippen LogP contribution in [0.3, 0.4) is 0 Å². The van der Waals surface area contributed by atoms with Gasteiger partial charge in [0.05, 0.1) is 17.6 Å². The van der Waals surface area contributed by atoms with Crippen molar-refractivity contribution in [3.63, 3.8) is 0 Å². The minimum Gasteiger partial charge on any atom is -0.411 e. The summed E-state index contributed by atoms with van der Waals surface area (Å²) in [5.74, 6) is 0. The summed E-state index contributed by atoms with van der Waals surface area (Å²) in [5.41, 5.74) is 1.13. The molecule has 2 rings (SSSR count). The highest BCUT2D eigenvalue weighted by molar-refractivity contribution is 7.92. The lowest BCUT2D eigenvalue weighted by atomic mass is 10.1. The number of sulfonamides is 1. The van der Waals surface area contributed by atoms with E-state index >= 15 is 0 Å². The Morgan fingerprint density at radius 3 is 2.74 bits per heavy atom. The van der Waals surface area contributed by atoms with Crippen LogP contribution in [0.1, 0.15) is 12.5 Å². The molecule has 0 bridgehead atoms. The summed E-state index contributed by atoms with van der Waals surface area (Å²) in [4.78, 5) is 0. The number of hydrogen-bond donors (Lipinski definition) is 3. The second-order valence-electron chi connectivity index (χ2n) is 3.76. The predicted molar refractivity (Wildman–Crippen MR) is 69.8 cm³/mol. The summed E-state index contributed by atoms with van der Waals surface area (Å²) in [6.07, 6.45) is 1.35. The van der Waals surface area contributed by atoms with E-state index in [-0.39, 0.29) is 5.03 Å². The van der Waals surface area contributed by atoms with Crippen LogP contribution in [0, 0.1) is 0 Å². The highest BCUT2D eigenvalue weighted by Crippen LogP contribution is 2.19. The number of hydrogen-bond acceptors (Lipinski definition) is 5. The molecular weight excluding hydrogens is 268 g/mol. The fourth-order valence-electron chi connectivity index (χ4n) is 1.53. The molecule has 0 saturated heterocycles. The van der Waals surface area contributed by atoms with Crippen LogP contribution < -0.4 is 4.72 Å². The topological polar surface area (TPSA) is 107 Å². The monoisotopic (exact) mass is 280 g/mol. The first-order valence-corrected chi connectivity index (χ1v) is 6.83. The van der Waals surface area contributed by atoms with Crippen LogP contribution in [0.4, 0.5) is 5.69 Å². The van der Waals surface area contributed by atoms with Crippen molar-refractivity contribution in [2.45, 2.75) is 11.9 Å². The lowest BCUT2D eigenvalue weighted by molar-refractivity contribution is 0.319. The zero-order valence-electron chi connectivity index (χ0n) is 10.0. The van der Waals surface area contributed by atoms with Gasteiger partial charge in [-0.2, -0.15) is 13.5 Å². The molecule has 1 aromatic carbocycles. The Balaban J connectivity index is 2.40. The largest absolute Gasteiger partial charge is 0.411 e. The Morgan fingerprint density at radius 2 is 2.11 bits per heavy atom. The predicted octanol–water partition coefficient (Wildman–Crippen LogP) is 1.41. The number of aromatic nitrogens is 2. The van der Waals surface area contributed by atoms with Crippen molar-refractivity contribution < 1.29 is 13.6 Å². The van der Waals surface area contributed by atoms with Crippen molar-refractivity contribution in [2.24, 2.45) is 5.16 Å². The third-order valence-corrected chi connectivity index (χ3v) is 3.77. The fraction of sp³-hybridized carbons (Fsp3) is 0.0909. The molecule has 1 heterocycles. The number of para-hydroxylation sites is 1. The smallest absolute Gasteiger partial charge is 0.278 e. The van der Waals surface area contributed by atoms with Crippen molar-refractivity contribution in [3.8, 4) is 0 Å². The second-order valence-corrected chi connectivity index (χ2v) is 5.41. The van der Waals surface area contributed by atoms with Gasteiger partial charge in [-0.15, -0.1) is 0 Å². The highest BCUT2D eigenvalue weighted by atomic mass is 32.2. The molecule has 2 aromatic rings. The lowest BCUT2D eigenvalue weighted by Crippen LogP contribution is -2.15. The van der Waals surface area contributed by atoms with E-state index in [1.165, 1.54) is 12.3 Å². The molecule has 19 heavy (non-hydrogen) atoms. The average molecular weight is 280 g/mol. The molecule has 8 heteroatoms. The normalized spacial score (nSPS) is 12.4. The Morgan fingerprint density at radius 1 is 1.37 bits per heavy atom. The number of oxime groups is 1. The number of benzene rings is 1. The molecule has 0 amide bonds. The minimum atomic E-state index is -3.74. The Bertz CT molecular complexity index is 692. The van der Waals surface area contributed by atoms with E-state index in [1.54, 1.807) is 31.2 Å². The Kier molecular flexibility index (Phi) is 3.52. The van der Waals surface area contributed by atoms with E-state index in [0.717, 1.165) is 0 Å². The van der Waals surface area contributed by atoms with Crippen molar-refractivity contribution in [1.29, 1.82) is 0 Å². The zero-order chi connectivity index (χ0) is 13.9. The maximum atomic E-state index is 12.0. The summed E-state index contributed by atoms with van der Waals surface area (Å²) in [6, 6.07) is 7.98. The van der Waals surface area contributed by atoms with E-state index < -0.39 is 10.0 Å². The Hall–Kier alpha value is -2.35. The lowest BCUT2D eigenvalue weighted by Gasteiger charge is -2.10. The molecule has 7 nitrogen and oxygen atoms in total. The molecule has 1 aromatic heterocycles. The van der Waals surface area contributed by atoms with E-state index in [4.69, 9.17) is 5.21 Å². The minimum absolute atomic E-state index is 0.0408. The quantitative estimate of drug-likeness (QED) is 0.447. The SMILES string of the molecule is C/C(=N/O)c1ccccc1NS(=O)(=O)c1ccn[nH]1. The van der Waals surface area contributed by atoms with Crippen molar-refractivity contribution in [1.82, 2.24) is 10.2 Å². The van der Waals surface area contributed by atoms with Crippen molar-refractivity contribution >= 4 is 21.4 Å². The van der Waals surface area contributed by atoms with E-state index in [1.807, 2.05) is 0 Å². The van der Waals surface area contributed by atoms with Gasteiger partial charge in [0.1, 0.15) is 0 Å². The van der Waals surface area contributed by atoms with Gasteiger partial charge in [-0.25, -0.2) is 0 Å². The van der Waals surface area contributed by atoms with Crippen LogP contribution in [-0.2, 0) is 10.0 Å². The number of aromatic amines is 1. The van der Waals surface area contributed by atoms with Crippen molar-refractivity contribution in [2.75, 3.05) is 4.72 Å². The van der Waals surface area contributed by atoms with Crippen LogP contribution in [-0.4, -0.2) is 29.5 Å². The maximum Gasteiger partial charge on any atom is 0.278 e. The number of H-pyrrole nitrogens is 1.